The monoisotopic (exact) mass is 319 g/mol. The van der Waals surface area contributed by atoms with E-state index >= 15 is 0 Å². The maximum absolute atomic E-state index is 12.7. The number of hydrogen-bond donors (Lipinski definition) is 1. The molecule has 2 rings (SSSR count). The van der Waals surface area contributed by atoms with Crippen molar-refractivity contribution in [2.75, 3.05) is 0 Å². The summed E-state index contributed by atoms with van der Waals surface area (Å²) in [5.74, 6) is -1.48. The second-order valence-electron chi connectivity index (χ2n) is 4.10. The van der Waals surface area contributed by atoms with Crippen molar-refractivity contribution in [2.45, 2.75) is 19.6 Å². The molecular formula is C12H9F4N3O3. The summed E-state index contributed by atoms with van der Waals surface area (Å²) in [7, 11) is 0. The number of ether oxygens (including phenoxy) is 1. The topological polar surface area (TPSA) is 77.2 Å². The lowest BCUT2D eigenvalue weighted by atomic mass is 10.2. The first-order valence-electron chi connectivity index (χ1n) is 5.83. The summed E-state index contributed by atoms with van der Waals surface area (Å²) in [6.45, 7) is -1.46. The molecule has 0 radical (unpaired) electrons. The molecule has 6 nitrogen and oxygen atoms in total. The quantitative estimate of drug-likeness (QED) is 0.857. The minimum atomic E-state index is -4.52. The molecule has 2 aromatic heterocycles. The minimum absolute atomic E-state index is 0.0586. The third kappa shape index (κ3) is 3.32. The van der Waals surface area contributed by atoms with E-state index in [0.29, 0.717) is 6.20 Å². The van der Waals surface area contributed by atoms with Crippen LogP contribution in [-0.4, -0.2) is 25.8 Å². The number of carbonyl (C=O) groups is 1. The van der Waals surface area contributed by atoms with Crippen molar-refractivity contribution in [3.63, 3.8) is 0 Å². The van der Waals surface area contributed by atoms with E-state index in [4.69, 9.17) is 9.84 Å². The van der Waals surface area contributed by atoms with Crippen LogP contribution >= 0.6 is 0 Å². The smallest absolute Gasteiger partial charge is 0.417 e. The van der Waals surface area contributed by atoms with E-state index in [1.54, 1.807) is 0 Å². The molecule has 0 aliphatic carbocycles. The van der Waals surface area contributed by atoms with Crippen molar-refractivity contribution in [1.29, 1.82) is 0 Å². The Kier molecular flexibility index (Phi) is 4.29. The average Bonchev–Trinajstić information content (AvgIpc) is 2.87. The molecule has 0 aliphatic heterocycles. The van der Waals surface area contributed by atoms with E-state index in [1.807, 2.05) is 0 Å². The van der Waals surface area contributed by atoms with Gasteiger partial charge in [0.2, 0.25) is 5.88 Å². The van der Waals surface area contributed by atoms with E-state index in [1.165, 1.54) is 0 Å². The molecule has 0 aromatic carbocycles. The van der Waals surface area contributed by atoms with Crippen molar-refractivity contribution in [3.8, 4) is 5.88 Å². The molecule has 0 atom stereocenters. The van der Waals surface area contributed by atoms with Gasteiger partial charge in [-0.2, -0.15) is 18.3 Å². The van der Waals surface area contributed by atoms with Gasteiger partial charge >= 0.3 is 12.1 Å². The average molecular weight is 319 g/mol. The number of halogens is 4. The van der Waals surface area contributed by atoms with Crippen LogP contribution in [0.5, 0.6) is 5.88 Å². The summed E-state index contributed by atoms with van der Waals surface area (Å²) in [5, 5.41) is 12.5. The molecule has 0 amide bonds. The highest BCUT2D eigenvalue weighted by Gasteiger charge is 2.30. The van der Waals surface area contributed by atoms with Gasteiger partial charge in [0.1, 0.15) is 12.2 Å². The van der Waals surface area contributed by atoms with Gasteiger partial charge in [-0.05, 0) is 6.07 Å². The van der Waals surface area contributed by atoms with Gasteiger partial charge in [-0.15, -0.1) is 0 Å². The molecule has 1 N–H and O–H groups in total. The van der Waals surface area contributed by atoms with Crippen LogP contribution in [0.25, 0.3) is 0 Å². The Morgan fingerprint density at radius 1 is 1.32 bits per heavy atom. The maximum Gasteiger partial charge on any atom is 0.417 e. The Morgan fingerprint density at radius 2 is 2.05 bits per heavy atom. The highest BCUT2D eigenvalue weighted by molar-refractivity contribution is 5.88. The molecule has 118 valence electrons. The molecule has 2 heterocycles. The Balaban J connectivity index is 2.13. The van der Waals surface area contributed by atoms with Gasteiger partial charge in [-0.1, -0.05) is 0 Å². The summed E-state index contributed by atoms with van der Waals surface area (Å²) in [4.78, 5) is 14.4. The minimum Gasteiger partial charge on any atom is -0.478 e. The summed E-state index contributed by atoms with van der Waals surface area (Å²) < 4.78 is 55.6. The molecule has 10 heteroatoms. The zero-order chi connectivity index (χ0) is 16.3. The first kappa shape index (κ1) is 15.7. The van der Waals surface area contributed by atoms with Gasteiger partial charge in [-0.25, -0.2) is 18.9 Å². The molecule has 0 spiro atoms. The van der Waals surface area contributed by atoms with Crippen LogP contribution in [0.1, 0.15) is 21.6 Å². The second kappa shape index (κ2) is 6.00. The largest absolute Gasteiger partial charge is 0.478 e. The number of pyridine rings is 1. The fourth-order valence-electron chi connectivity index (χ4n) is 1.62. The molecule has 0 saturated heterocycles. The predicted octanol–water partition coefficient (Wildman–Crippen LogP) is 2.50. The van der Waals surface area contributed by atoms with Gasteiger partial charge in [0.25, 0.3) is 0 Å². The Bertz CT molecular complexity index is 667. The Morgan fingerprint density at radius 3 is 2.55 bits per heavy atom. The van der Waals surface area contributed by atoms with Crippen molar-refractivity contribution in [2.24, 2.45) is 0 Å². The number of aromatic nitrogens is 3. The Labute approximate surface area is 121 Å². The number of rotatable bonds is 5. The first-order valence-corrected chi connectivity index (χ1v) is 5.83. The van der Waals surface area contributed by atoms with E-state index in [-0.39, 0.29) is 17.1 Å². The van der Waals surface area contributed by atoms with Crippen LogP contribution in [0.2, 0.25) is 0 Å². The van der Waals surface area contributed by atoms with Crippen LogP contribution in [0.15, 0.2) is 24.5 Å². The zero-order valence-corrected chi connectivity index (χ0v) is 10.8. The van der Waals surface area contributed by atoms with Crippen LogP contribution in [0, 0.1) is 0 Å². The molecular weight excluding hydrogens is 310 g/mol. The van der Waals surface area contributed by atoms with Crippen molar-refractivity contribution in [1.82, 2.24) is 14.8 Å². The summed E-state index contributed by atoms with van der Waals surface area (Å²) in [5.41, 5.74) is -1.26. The second-order valence-corrected chi connectivity index (χ2v) is 4.10. The van der Waals surface area contributed by atoms with E-state index < -0.39 is 31.1 Å². The number of hydrogen-bond acceptors (Lipinski definition) is 4. The van der Waals surface area contributed by atoms with E-state index in [0.717, 1.165) is 23.0 Å². The molecule has 0 fully saturated rings. The fraction of sp³-hybridized carbons (Fsp3) is 0.250. The van der Waals surface area contributed by atoms with Gasteiger partial charge < -0.3 is 9.84 Å². The van der Waals surface area contributed by atoms with Crippen LogP contribution in [0.4, 0.5) is 17.6 Å². The molecule has 22 heavy (non-hydrogen) atoms. The maximum atomic E-state index is 12.7. The SMILES string of the molecule is O=C(O)c1cnn(CF)c1COc1ccc(C(F)(F)F)cn1. The highest BCUT2D eigenvalue weighted by Crippen LogP contribution is 2.29. The number of carboxylic acids is 1. The van der Waals surface area contributed by atoms with Crippen molar-refractivity contribution < 1.29 is 32.2 Å². The lowest BCUT2D eigenvalue weighted by molar-refractivity contribution is -0.137. The van der Waals surface area contributed by atoms with Crippen molar-refractivity contribution >= 4 is 5.97 Å². The van der Waals surface area contributed by atoms with Gasteiger partial charge in [0.05, 0.1) is 17.5 Å². The van der Waals surface area contributed by atoms with E-state index in [2.05, 4.69) is 10.1 Å². The Hall–Kier alpha value is -2.65. The molecule has 2 aromatic rings. The van der Waals surface area contributed by atoms with Crippen molar-refractivity contribution in [3.05, 3.63) is 41.3 Å². The number of alkyl halides is 4. The highest BCUT2D eigenvalue weighted by atomic mass is 19.4. The van der Waals surface area contributed by atoms with E-state index in [9.17, 15) is 22.4 Å². The van der Waals surface area contributed by atoms with Gasteiger partial charge in [-0.3, -0.25) is 0 Å². The molecule has 0 aliphatic rings. The summed E-state index contributed by atoms with van der Waals surface area (Å²) in [6.07, 6.45) is -2.98. The summed E-state index contributed by atoms with van der Waals surface area (Å²) in [6, 6.07) is 1.76. The number of nitrogens with zero attached hydrogens (tertiary/aromatic N) is 3. The molecule has 0 bridgehead atoms. The molecule has 0 unspecified atom stereocenters. The zero-order valence-electron chi connectivity index (χ0n) is 10.8. The number of aromatic carboxylic acids is 1. The lowest BCUT2D eigenvalue weighted by Crippen LogP contribution is -2.11. The van der Waals surface area contributed by atoms with Gasteiger partial charge in [0, 0.05) is 12.3 Å². The number of carboxylic acid groups (broad SMARTS) is 1. The normalized spacial score (nSPS) is 11.5. The van der Waals surface area contributed by atoms with Crippen LogP contribution < -0.4 is 4.74 Å². The standard InChI is InChI=1S/C12H9F4N3O3/c13-6-19-9(8(4-18-19)11(20)21)5-22-10-2-1-7(3-17-10)12(14,15)16/h1-4H,5-6H2,(H,20,21). The summed E-state index contributed by atoms with van der Waals surface area (Å²) >= 11 is 0. The fourth-order valence-corrected chi connectivity index (χ4v) is 1.62. The van der Waals surface area contributed by atoms with Crippen LogP contribution in [0.3, 0.4) is 0 Å². The third-order valence-corrected chi connectivity index (χ3v) is 2.71. The lowest BCUT2D eigenvalue weighted by Gasteiger charge is -2.09. The third-order valence-electron chi connectivity index (χ3n) is 2.71. The van der Waals surface area contributed by atoms with Gasteiger partial charge in [0.15, 0.2) is 6.80 Å². The predicted molar refractivity (Wildman–Crippen MR) is 63.9 cm³/mol. The van der Waals surface area contributed by atoms with Crippen LogP contribution in [-0.2, 0) is 19.6 Å². The molecule has 0 saturated carbocycles. The first-order chi connectivity index (χ1) is 10.3.